The zero-order valence-corrected chi connectivity index (χ0v) is 28.7. The van der Waals surface area contributed by atoms with Crippen molar-refractivity contribution in [2.75, 3.05) is 49.9 Å². The van der Waals surface area contributed by atoms with Crippen LogP contribution in [0.5, 0.6) is 0 Å². The molecule has 0 aliphatic carbocycles. The Hall–Kier alpha value is -4.17. The van der Waals surface area contributed by atoms with Crippen molar-refractivity contribution >= 4 is 55.2 Å². The Morgan fingerprint density at radius 3 is 2.23 bits per heavy atom. The average molecular weight is 771 g/mol. The lowest BCUT2D eigenvalue weighted by molar-refractivity contribution is -0.133. The second-order valence-electron chi connectivity index (χ2n) is 11.8. The van der Waals surface area contributed by atoms with Crippen molar-refractivity contribution in [1.29, 1.82) is 0 Å². The molecule has 0 saturated carbocycles. The van der Waals surface area contributed by atoms with Gasteiger partial charge in [-0.1, -0.05) is 0 Å². The van der Waals surface area contributed by atoms with Crippen molar-refractivity contribution in [2.45, 2.75) is 31.3 Å². The third-order valence-electron chi connectivity index (χ3n) is 8.84. The van der Waals surface area contributed by atoms with Gasteiger partial charge < -0.3 is 30.7 Å². The van der Waals surface area contributed by atoms with Crippen LogP contribution in [-0.4, -0.2) is 81.6 Å². The number of hydrogen-bond acceptors (Lipinski definition) is 6. The number of nitrogens with one attached hydrogen (secondary N) is 2. The normalized spacial score (nSPS) is 16.3. The molecule has 2 saturated heterocycles. The number of pyridine rings is 1. The van der Waals surface area contributed by atoms with Crippen molar-refractivity contribution in [2.24, 2.45) is 0 Å². The lowest BCUT2D eigenvalue weighted by Crippen LogP contribution is -2.57. The molecule has 1 atom stereocenters. The maximum atomic E-state index is 14.0. The summed E-state index contributed by atoms with van der Waals surface area (Å²) in [6.07, 6.45) is 6.69. The largest absolute Gasteiger partial charge is 0.397 e. The summed E-state index contributed by atoms with van der Waals surface area (Å²) in [6, 6.07) is 12.4. The number of H-pyrrole nitrogens is 1. The molecular weight excluding hydrogens is 735 g/mol. The second kappa shape index (κ2) is 14.3. The molecule has 2 fully saturated rings. The highest BCUT2D eigenvalue weighted by atomic mass is 79.9. The first-order valence-electron chi connectivity index (χ1n) is 15.5. The van der Waals surface area contributed by atoms with E-state index in [1.54, 1.807) is 40.2 Å². The van der Waals surface area contributed by atoms with Gasteiger partial charge in [0, 0.05) is 85.0 Å². The minimum Gasteiger partial charge on any atom is -0.397 e. The molecule has 14 heteroatoms. The van der Waals surface area contributed by atoms with E-state index < -0.39 is 6.04 Å². The predicted molar refractivity (Wildman–Crippen MR) is 186 cm³/mol. The number of aromatic amines is 1. The van der Waals surface area contributed by atoms with Crippen LogP contribution in [0.1, 0.15) is 24.4 Å². The third kappa shape index (κ3) is 7.54. The topological polar surface area (TPSA) is 133 Å². The monoisotopic (exact) mass is 768 g/mol. The van der Waals surface area contributed by atoms with Gasteiger partial charge in [-0.25, -0.2) is 14.0 Å². The van der Waals surface area contributed by atoms with Gasteiger partial charge in [-0.15, -0.1) is 0 Å². The number of nitrogens with two attached hydrogens (primary N) is 1. The summed E-state index contributed by atoms with van der Waals surface area (Å²) in [5.74, 6) is -0.484. The number of imidazole rings is 1. The number of nitrogen functional groups attached to an aromatic ring is 1. The number of hydrogen-bond donors (Lipinski definition) is 3. The number of amides is 3. The van der Waals surface area contributed by atoms with Gasteiger partial charge in [-0.3, -0.25) is 14.3 Å². The highest BCUT2D eigenvalue weighted by Crippen LogP contribution is 2.30. The first-order chi connectivity index (χ1) is 22.7. The van der Waals surface area contributed by atoms with E-state index in [0.29, 0.717) is 78.0 Å². The molecule has 0 bridgehead atoms. The Morgan fingerprint density at radius 1 is 0.957 bits per heavy atom. The first-order valence-corrected chi connectivity index (χ1v) is 17.0. The van der Waals surface area contributed by atoms with Crippen LogP contribution in [0.3, 0.4) is 0 Å². The molecule has 2 aliphatic heterocycles. The van der Waals surface area contributed by atoms with Crippen molar-refractivity contribution in [1.82, 2.24) is 29.7 Å². The fraction of sp³-hybridized carbons (Fsp3) is 0.333. The fourth-order valence-corrected chi connectivity index (χ4v) is 7.48. The molecular formula is C33H35Br2FN8O3. The minimum absolute atomic E-state index is 0.101. The van der Waals surface area contributed by atoms with Gasteiger partial charge in [0.15, 0.2) is 0 Å². The number of nitrogens with zero attached hydrogens (tertiary/aromatic N) is 5. The maximum absolute atomic E-state index is 14.0. The number of likely N-dealkylation sites (tertiary alicyclic amines) is 1. The summed E-state index contributed by atoms with van der Waals surface area (Å²) in [6.45, 7) is 3.24. The van der Waals surface area contributed by atoms with E-state index >= 15 is 0 Å². The van der Waals surface area contributed by atoms with Crippen molar-refractivity contribution in [3.63, 3.8) is 0 Å². The van der Waals surface area contributed by atoms with Gasteiger partial charge in [0.2, 0.25) is 5.91 Å². The van der Waals surface area contributed by atoms with E-state index in [0.717, 1.165) is 11.3 Å². The molecule has 0 unspecified atom stereocenters. The summed E-state index contributed by atoms with van der Waals surface area (Å²) in [5.41, 5.74) is 9.65. The molecule has 0 radical (unpaired) electrons. The van der Waals surface area contributed by atoms with Gasteiger partial charge >= 0.3 is 11.7 Å². The molecule has 4 heterocycles. The van der Waals surface area contributed by atoms with Crippen molar-refractivity contribution in [3.8, 4) is 11.3 Å². The molecule has 3 amide bonds. The van der Waals surface area contributed by atoms with E-state index in [2.05, 4.69) is 52.0 Å². The van der Waals surface area contributed by atoms with E-state index in [-0.39, 0.29) is 35.9 Å². The van der Waals surface area contributed by atoms with Gasteiger partial charge in [-0.05, 0) is 104 Å². The number of carbonyl (C=O) groups excluding carboxylic acids is 2. The smallest absolute Gasteiger partial charge is 0.326 e. The highest BCUT2D eigenvalue weighted by Gasteiger charge is 2.32. The lowest BCUT2D eigenvalue weighted by atomic mass is 10.0. The van der Waals surface area contributed by atoms with Crippen LogP contribution >= 0.6 is 31.9 Å². The van der Waals surface area contributed by atoms with Crippen LogP contribution in [0.2, 0.25) is 0 Å². The summed E-state index contributed by atoms with van der Waals surface area (Å²) in [4.78, 5) is 53.1. The summed E-state index contributed by atoms with van der Waals surface area (Å²) in [7, 11) is 0. The number of aromatic nitrogens is 3. The number of benzene rings is 2. The molecule has 6 rings (SSSR count). The zero-order chi connectivity index (χ0) is 33.1. The van der Waals surface area contributed by atoms with Crippen molar-refractivity contribution < 1.29 is 14.0 Å². The Labute approximate surface area is 288 Å². The average Bonchev–Trinajstić information content (AvgIpc) is 3.48. The van der Waals surface area contributed by atoms with Crippen LogP contribution in [0.15, 0.2) is 80.9 Å². The number of carbonyl (C=O) groups is 2. The number of rotatable bonds is 7. The van der Waals surface area contributed by atoms with E-state index in [4.69, 9.17) is 5.73 Å². The molecule has 2 aliphatic rings. The lowest BCUT2D eigenvalue weighted by Gasteiger charge is -2.38. The molecule has 2 aromatic carbocycles. The van der Waals surface area contributed by atoms with E-state index in [1.807, 2.05) is 29.2 Å². The summed E-state index contributed by atoms with van der Waals surface area (Å²) >= 11 is 6.99. The van der Waals surface area contributed by atoms with Gasteiger partial charge in [0.05, 0.1) is 11.4 Å². The SMILES string of the molecule is Nc1c(Br)cc(C[C@@H](NC(=O)N2CCC(n3cc(-c4ccc(F)cc4)[nH]c3=O)CC2)C(=O)N2CCN(c3ccncc3)CC2)cc1Br. The first kappa shape index (κ1) is 32.8. The number of urea groups is 1. The van der Waals surface area contributed by atoms with Gasteiger partial charge in [0.25, 0.3) is 0 Å². The molecule has 2 aromatic heterocycles. The van der Waals surface area contributed by atoms with E-state index in [9.17, 15) is 18.8 Å². The highest BCUT2D eigenvalue weighted by molar-refractivity contribution is 9.11. The zero-order valence-electron chi connectivity index (χ0n) is 25.5. The molecule has 11 nitrogen and oxygen atoms in total. The summed E-state index contributed by atoms with van der Waals surface area (Å²) in [5, 5.41) is 3.03. The van der Waals surface area contributed by atoms with Crippen molar-refractivity contribution in [3.05, 3.63) is 97.9 Å². The van der Waals surface area contributed by atoms with Crippen LogP contribution in [0.25, 0.3) is 11.3 Å². The fourth-order valence-electron chi connectivity index (χ4n) is 6.20. The predicted octanol–water partition coefficient (Wildman–Crippen LogP) is 4.79. The number of piperidine rings is 1. The maximum Gasteiger partial charge on any atom is 0.326 e. The third-order valence-corrected chi connectivity index (χ3v) is 10.2. The molecule has 246 valence electrons. The van der Waals surface area contributed by atoms with Gasteiger partial charge in [-0.2, -0.15) is 0 Å². The number of halogens is 3. The summed E-state index contributed by atoms with van der Waals surface area (Å²) < 4.78 is 16.4. The Kier molecular flexibility index (Phi) is 9.97. The second-order valence-corrected chi connectivity index (χ2v) is 13.5. The standard InChI is InChI=1S/C33H35Br2FN8O3/c34-26-17-21(18-27(35)30(26)37)19-28(31(45)42-15-13-41(14-16-42)24-5-9-38-10-6-24)39-32(46)43-11-7-25(8-12-43)44-20-29(40-33(44)47)22-1-3-23(36)4-2-22/h1-6,9-10,17-18,20,25,28H,7-8,11-16,19,37H2,(H,39,46)(H,40,47)/t28-/m1/s1. The Balaban J connectivity index is 1.12. The minimum atomic E-state index is -0.791. The quantitative estimate of drug-likeness (QED) is 0.232. The Bertz CT molecular complexity index is 1760. The number of piperazine rings is 1. The van der Waals surface area contributed by atoms with Gasteiger partial charge in [0.1, 0.15) is 11.9 Å². The van der Waals surface area contributed by atoms with Crippen LogP contribution in [0.4, 0.5) is 20.6 Å². The van der Waals surface area contributed by atoms with Crippen LogP contribution in [-0.2, 0) is 11.2 Å². The molecule has 4 N–H and O–H groups in total. The Morgan fingerprint density at radius 2 is 1.60 bits per heavy atom. The van der Waals surface area contributed by atoms with Crippen LogP contribution < -0.4 is 21.6 Å². The molecule has 4 aromatic rings. The molecule has 0 spiro atoms. The van der Waals surface area contributed by atoms with E-state index in [1.165, 1.54) is 12.1 Å². The molecule has 47 heavy (non-hydrogen) atoms. The number of anilines is 2. The van der Waals surface area contributed by atoms with Crippen LogP contribution in [0, 0.1) is 5.82 Å².